The molecule has 0 unspecified atom stereocenters. The van der Waals surface area contributed by atoms with Crippen LogP contribution < -0.4 is 5.32 Å². The molecule has 0 saturated heterocycles. The first kappa shape index (κ1) is 12.8. The van der Waals surface area contributed by atoms with Gasteiger partial charge in [-0.2, -0.15) is 0 Å². The molecule has 86 valence electrons. The van der Waals surface area contributed by atoms with Crippen LogP contribution in [-0.4, -0.2) is 18.2 Å². The molecule has 0 aliphatic carbocycles. The number of carbonyl (C=O) groups excluding carboxylic acids is 1. The molecule has 1 rings (SSSR count). The normalized spacial score (nSPS) is 9.81. The van der Waals surface area contributed by atoms with E-state index >= 15 is 0 Å². The Kier molecular flexibility index (Phi) is 5.64. The fraction of sp³-hybridized carbons (Fsp3) is 0.250. The van der Waals surface area contributed by atoms with Crippen LogP contribution in [0, 0.1) is 5.82 Å². The van der Waals surface area contributed by atoms with Gasteiger partial charge in [-0.3, -0.25) is 4.79 Å². The Balaban J connectivity index is 2.28. The largest absolute Gasteiger partial charge is 0.352 e. The number of hydrogen-bond donors (Lipinski definition) is 1. The van der Waals surface area contributed by atoms with Gasteiger partial charge in [0, 0.05) is 12.3 Å². The van der Waals surface area contributed by atoms with Gasteiger partial charge in [0.2, 0.25) is 5.91 Å². The zero-order valence-corrected chi connectivity index (χ0v) is 9.73. The summed E-state index contributed by atoms with van der Waals surface area (Å²) in [5.74, 6) is 0.568. The van der Waals surface area contributed by atoms with Gasteiger partial charge in [-0.1, -0.05) is 24.3 Å². The maximum Gasteiger partial charge on any atom is 0.230 e. The second-order valence-corrected chi connectivity index (χ2v) is 4.16. The lowest BCUT2D eigenvalue weighted by molar-refractivity contribution is -0.118. The van der Waals surface area contributed by atoms with E-state index in [1.807, 2.05) is 0 Å². The minimum atomic E-state index is -0.221. The molecular weight excluding hydrogens is 225 g/mol. The van der Waals surface area contributed by atoms with E-state index in [0.717, 1.165) is 0 Å². The molecule has 0 fully saturated rings. The van der Waals surface area contributed by atoms with Gasteiger partial charge in [0.1, 0.15) is 5.82 Å². The molecule has 0 atom stereocenters. The minimum Gasteiger partial charge on any atom is -0.352 e. The standard InChI is InChI=1S/C12H14FNOS/c1-2-7-14-12(15)9-16-8-10-5-3-4-6-11(10)13/h2-6H,1,7-9H2,(H,14,15). The maximum absolute atomic E-state index is 13.2. The van der Waals surface area contributed by atoms with Gasteiger partial charge in [-0.25, -0.2) is 4.39 Å². The van der Waals surface area contributed by atoms with Crippen molar-refractivity contribution in [3.8, 4) is 0 Å². The summed E-state index contributed by atoms with van der Waals surface area (Å²) in [5.41, 5.74) is 0.629. The van der Waals surface area contributed by atoms with Crippen molar-refractivity contribution in [1.29, 1.82) is 0 Å². The van der Waals surface area contributed by atoms with Crippen LogP contribution in [0.1, 0.15) is 5.56 Å². The average molecular weight is 239 g/mol. The van der Waals surface area contributed by atoms with Crippen LogP contribution in [0.15, 0.2) is 36.9 Å². The fourth-order valence-corrected chi connectivity index (χ4v) is 1.95. The first-order valence-corrected chi connectivity index (χ1v) is 6.08. The fourth-order valence-electron chi connectivity index (χ4n) is 1.11. The zero-order valence-electron chi connectivity index (χ0n) is 8.91. The van der Waals surface area contributed by atoms with Crippen LogP contribution in [0.25, 0.3) is 0 Å². The predicted molar refractivity (Wildman–Crippen MR) is 65.8 cm³/mol. The van der Waals surface area contributed by atoms with E-state index in [2.05, 4.69) is 11.9 Å². The molecule has 0 aliphatic heterocycles. The second kappa shape index (κ2) is 7.06. The highest BCUT2D eigenvalue weighted by atomic mass is 32.2. The van der Waals surface area contributed by atoms with Crippen molar-refractivity contribution < 1.29 is 9.18 Å². The molecule has 1 N–H and O–H groups in total. The zero-order chi connectivity index (χ0) is 11.8. The SMILES string of the molecule is C=CCNC(=O)CSCc1ccccc1F. The molecule has 0 heterocycles. The van der Waals surface area contributed by atoms with Gasteiger partial charge in [-0.05, 0) is 11.6 Å². The highest BCUT2D eigenvalue weighted by Crippen LogP contribution is 2.14. The summed E-state index contributed by atoms with van der Waals surface area (Å²) in [7, 11) is 0. The third-order valence-corrected chi connectivity index (χ3v) is 2.87. The number of hydrogen-bond acceptors (Lipinski definition) is 2. The van der Waals surface area contributed by atoms with E-state index in [0.29, 0.717) is 23.6 Å². The molecule has 0 spiro atoms. The topological polar surface area (TPSA) is 29.1 Å². The van der Waals surface area contributed by atoms with Crippen LogP contribution in [0.2, 0.25) is 0 Å². The summed E-state index contributed by atoms with van der Waals surface area (Å²) in [4.78, 5) is 11.2. The van der Waals surface area contributed by atoms with Crippen molar-refractivity contribution in [2.75, 3.05) is 12.3 Å². The number of amides is 1. The quantitative estimate of drug-likeness (QED) is 0.772. The number of halogens is 1. The Labute approximate surface area is 98.9 Å². The van der Waals surface area contributed by atoms with Crippen LogP contribution >= 0.6 is 11.8 Å². The van der Waals surface area contributed by atoms with Crippen molar-refractivity contribution >= 4 is 17.7 Å². The monoisotopic (exact) mass is 239 g/mol. The number of thioether (sulfide) groups is 1. The van der Waals surface area contributed by atoms with Gasteiger partial charge >= 0.3 is 0 Å². The third-order valence-electron chi connectivity index (χ3n) is 1.89. The summed E-state index contributed by atoms with van der Waals surface area (Å²) in [6.07, 6.45) is 1.62. The van der Waals surface area contributed by atoms with Gasteiger partial charge in [0.25, 0.3) is 0 Å². The Bertz CT molecular complexity index is 368. The average Bonchev–Trinajstić information content (AvgIpc) is 2.29. The van der Waals surface area contributed by atoms with E-state index in [9.17, 15) is 9.18 Å². The number of carbonyl (C=O) groups is 1. The molecule has 0 radical (unpaired) electrons. The molecule has 1 aromatic rings. The summed E-state index contributed by atoms with van der Waals surface area (Å²) in [6, 6.07) is 6.59. The summed E-state index contributed by atoms with van der Waals surface area (Å²) >= 11 is 1.39. The van der Waals surface area contributed by atoms with E-state index in [1.165, 1.54) is 17.8 Å². The smallest absolute Gasteiger partial charge is 0.230 e. The van der Waals surface area contributed by atoms with Gasteiger partial charge in [0.05, 0.1) is 5.75 Å². The van der Waals surface area contributed by atoms with Gasteiger partial charge < -0.3 is 5.32 Å². The molecule has 0 saturated carbocycles. The molecule has 4 heteroatoms. The molecule has 1 aromatic carbocycles. The Morgan fingerprint density at radius 2 is 2.25 bits per heavy atom. The number of rotatable bonds is 6. The van der Waals surface area contributed by atoms with E-state index in [-0.39, 0.29) is 11.7 Å². The van der Waals surface area contributed by atoms with Crippen molar-refractivity contribution in [2.45, 2.75) is 5.75 Å². The lowest BCUT2D eigenvalue weighted by Crippen LogP contribution is -2.24. The van der Waals surface area contributed by atoms with Crippen molar-refractivity contribution in [2.24, 2.45) is 0 Å². The molecule has 1 amide bonds. The highest BCUT2D eigenvalue weighted by molar-refractivity contribution is 7.99. The van der Waals surface area contributed by atoms with Crippen LogP contribution in [0.5, 0.6) is 0 Å². The second-order valence-electron chi connectivity index (χ2n) is 3.18. The molecule has 0 aromatic heterocycles. The Morgan fingerprint density at radius 1 is 1.50 bits per heavy atom. The highest BCUT2D eigenvalue weighted by Gasteiger charge is 2.03. The van der Waals surface area contributed by atoms with Crippen molar-refractivity contribution in [3.63, 3.8) is 0 Å². The predicted octanol–water partition coefficient (Wildman–Crippen LogP) is 2.36. The molecule has 16 heavy (non-hydrogen) atoms. The lowest BCUT2D eigenvalue weighted by atomic mass is 10.2. The van der Waals surface area contributed by atoms with Gasteiger partial charge in [0.15, 0.2) is 0 Å². The van der Waals surface area contributed by atoms with Crippen molar-refractivity contribution in [3.05, 3.63) is 48.3 Å². The molecule has 0 aliphatic rings. The first-order valence-electron chi connectivity index (χ1n) is 4.92. The molecule has 0 bridgehead atoms. The van der Waals surface area contributed by atoms with Crippen LogP contribution in [0.3, 0.4) is 0 Å². The summed E-state index contributed by atoms with van der Waals surface area (Å²) in [5, 5.41) is 2.66. The Hall–Kier alpha value is -1.29. The third kappa shape index (κ3) is 4.49. The van der Waals surface area contributed by atoms with E-state index in [4.69, 9.17) is 0 Å². The van der Waals surface area contributed by atoms with E-state index < -0.39 is 0 Å². The number of nitrogens with one attached hydrogen (secondary N) is 1. The van der Waals surface area contributed by atoms with Crippen LogP contribution in [-0.2, 0) is 10.5 Å². The summed E-state index contributed by atoms with van der Waals surface area (Å²) < 4.78 is 13.2. The summed E-state index contributed by atoms with van der Waals surface area (Å²) in [6.45, 7) is 3.97. The molecular formula is C12H14FNOS. The van der Waals surface area contributed by atoms with Crippen molar-refractivity contribution in [1.82, 2.24) is 5.32 Å². The Morgan fingerprint density at radius 3 is 2.94 bits per heavy atom. The van der Waals surface area contributed by atoms with Crippen LogP contribution in [0.4, 0.5) is 4.39 Å². The maximum atomic E-state index is 13.2. The molecule has 2 nitrogen and oxygen atoms in total. The number of benzene rings is 1. The lowest BCUT2D eigenvalue weighted by Gasteiger charge is -2.03. The first-order chi connectivity index (χ1) is 7.74. The minimum absolute atomic E-state index is 0.0544. The van der Waals surface area contributed by atoms with E-state index in [1.54, 1.807) is 24.3 Å². The van der Waals surface area contributed by atoms with Gasteiger partial charge in [-0.15, -0.1) is 18.3 Å².